The molecule has 1 aliphatic heterocycles. The molecule has 2 aromatic rings. The molecule has 0 unspecified atom stereocenters. The fraction of sp³-hybridized carbons (Fsp3) is 0.391. The van der Waals surface area contributed by atoms with Crippen molar-refractivity contribution in [2.45, 2.75) is 33.0 Å². The van der Waals surface area contributed by atoms with Gasteiger partial charge in [-0.1, -0.05) is 35.9 Å². The first-order valence-corrected chi connectivity index (χ1v) is 10.7. The number of halogens is 1. The Morgan fingerprint density at radius 2 is 1.70 bits per heavy atom. The summed E-state index contributed by atoms with van der Waals surface area (Å²) >= 11 is 6.07. The van der Waals surface area contributed by atoms with Gasteiger partial charge in [-0.2, -0.15) is 0 Å². The van der Waals surface area contributed by atoms with Crippen molar-refractivity contribution >= 4 is 23.5 Å². The SMILES string of the molecule is CC(C)NC(=O)NCc1ccc(C(=O)N2CCN(Cc3cccc(Cl)c3)CC2)cc1. The number of nitrogens with one attached hydrogen (secondary N) is 2. The normalized spacial score (nSPS) is 14.6. The van der Waals surface area contributed by atoms with Gasteiger partial charge in [-0.3, -0.25) is 9.69 Å². The Morgan fingerprint density at radius 3 is 2.33 bits per heavy atom. The lowest BCUT2D eigenvalue weighted by molar-refractivity contribution is 0.0628. The molecule has 0 spiro atoms. The maximum Gasteiger partial charge on any atom is 0.315 e. The van der Waals surface area contributed by atoms with E-state index < -0.39 is 0 Å². The summed E-state index contributed by atoms with van der Waals surface area (Å²) in [5.74, 6) is 0.0504. The van der Waals surface area contributed by atoms with Crippen molar-refractivity contribution in [1.29, 1.82) is 0 Å². The summed E-state index contributed by atoms with van der Waals surface area (Å²) in [5.41, 5.74) is 2.82. The van der Waals surface area contributed by atoms with Gasteiger partial charge in [0, 0.05) is 55.9 Å². The maximum atomic E-state index is 12.8. The van der Waals surface area contributed by atoms with Gasteiger partial charge in [0.1, 0.15) is 0 Å². The molecule has 3 amide bonds. The summed E-state index contributed by atoms with van der Waals surface area (Å²) in [5, 5.41) is 6.35. The van der Waals surface area contributed by atoms with Crippen LogP contribution in [0.3, 0.4) is 0 Å². The molecule has 1 saturated heterocycles. The molecule has 1 heterocycles. The van der Waals surface area contributed by atoms with E-state index in [1.807, 2.05) is 61.2 Å². The number of hydrogen-bond acceptors (Lipinski definition) is 3. The summed E-state index contributed by atoms with van der Waals surface area (Å²) in [4.78, 5) is 28.7. The van der Waals surface area contributed by atoms with Crippen molar-refractivity contribution in [1.82, 2.24) is 20.4 Å². The number of hydrogen-bond donors (Lipinski definition) is 2. The molecule has 7 heteroatoms. The van der Waals surface area contributed by atoms with Crippen LogP contribution in [0.5, 0.6) is 0 Å². The van der Waals surface area contributed by atoms with E-state index in [1.54, 1.807) is 0 Å². The van der Waals surface area contributed by atoms with Crippen molar-refractivity contribution in [2.24, 2.45) is 0 Å². The topological polar surface area (TPSA) is 64.7 Å². The number of carbonyl (C=O) groups excluding carboxylic acids is 2. The van der Waals surface area contributed by atoms with Crippen LogP contribution >= 0.6 is 11.6 Å². The second-order valence-corrected chi connectivity index (χ2v) is 8.31. The fourth-order valence-corrected chi connectivity index (χ4v) is 3.66. The quantitative estimate of drug-likeness (QED) is 0.740. The Balaban J connectivity index is 1.47. The van der Waals surface area contributed by atoms with Crippen LogP contribution in [0.2, 0.25) is 5.02 Å². The Morgan fingerprint density at radius 1 is 1.00 bits per heavy atom. The smallest absolute Gasteiger partial charge is 0.315 e. The van der Waals surface area contributed by atoms with Crippen LogP contribution in [0.25, 0.3) is 0 Å². The minimum atomic E-state index is -0.194. The standard InChI is InChI=1S/C23H29ClN4O2/c1-17(2)26-23(30)25-15-18-6-8-20(9-7-18)22(29)28-12-10-27(11-13-28)16-19-4-3-5-21(24)14-19/h3-9,14,17H,10-13,15-16H2,1-2H3,(H2,25,26,30). The van der Waals surface area contributed by atoms with E-state index in [9.17, 15) is 9.59 Å². The molecule has 160 valence electrons. The Bertz CT molecular complexity index is 862. The number of urea groups is 1. The van der Waals surface area contributed by atoms with Crippen molar-refractivity contribution in [3.05, 3.63) is 70.2 Å². The highest BCUT2D eigenvalue weighted by atomic mass is 35.5. The molecular weight excluding hydrogens is 400 g/mol. The number of benzene rings is 2. The molecule has 1 aliphatic rings. The number of carbonyl (C=O) groups is 2. The molecule has 2 N–H and O–H groups in total. The van der Waals surface area contributed by atoms with E-state index in [0.717, 1.165) is 30.2 Å². The zero-order valence-electron chi connectivity index (χ0n) is 17.5. The third kappa shape index (κ3) is 6.47. The molecule has 6 nitrogen and oxygen atoms in total. The molecule has 0 saturated carbocycles. The molecule has 0 bridgehead atoms. The van der Waals surface area contributed by atoms with Crippen LogP contribution < -0.4 is 10.6 Å². The number of rotatable bonds is 6. The van der Waals surface area contributed by atoms with Crippen LogP contribution in [-0.4, -0.2) is 54.0 Å². The molecule has 0 radical (unpaired) electrons. The van der Waals surface area contributed by atoms with Gasteiger partial charge in [0.15, 0.2) is 0 Å². The van der Waals surface area contributed by atoms with Crippen LogP contribution in [0.4, 0.5) is 4.79 Å². The average Bonchev–Trinajstić information content (AvgIpc) is 2.72. The molecule has 30 heavy (non-hydrogen) atoms. The number of piperazine rings is 1. The van der Waals surface area contributed by atoms with E-state index in [0.29, 0.717) is 25.2 Å². The highest BCUT2D eigenvalue weighted by Gasteiger charge is 2.22. The highest BCUT2D eigenvalue weighted by Crippen LogP contribution is 2.15. The Hall–Kier alpha value is -2.57. The maximum absolute atomic E-state index is 12.8. The van der Waals surface area contributed by atoms with Gasteiger partial charge in [-0.05, 0) is 49.2 Å². The van der Waals surface area contributed by atoms with Gasteiger partial charge in [-0.15, -0.1) is 0 Å². The monoisotopic (exact) mass is 428 g/mol. The molecule has 0 aliphatic carbocycles. The second kappa shape index (κ2) is 10.5. The summed E-state index contributed by atoms with van der Waals surface area (Å²) in [7, 11) is 0. The van der Waals surface area contributed by atoms with Crippen molar-refractivity contribution in [3.8, 4) is 0 Å². The molecule has 3 rings (SSSR count). The van der Waals surface area contributed by atoms with Gasteiger partial charge in [0.05, 0.1) is 0 Å². The lowest BCUT2D eigenvalue weighted by Crippen LogP contribution is -2.48. The second-order valence-electron chi connectivity index (χ2n) is 7.88. The van der Waals surface area contributed by atoms with Gasteiger partial charge in [-0.25, -0.2) is 4.79 Å². The molecule has 0 aromatic heterocycles. The van der Waals surface area contributed by atoms with E-state index in [1.165, 1.54) is 5.56 Å². The predicted molar refractivity (Wildman–Crippen MR) is 120 cm³/mol. The molecular formula is C23H29ClN4O2. The van der Waals surface area contributed by atoms with Gasteiger partial charge >= 0.3 is 6.03 Å². The first kappa shape index (κ1) is 22.1. The van der Waals surface area contributed by atoms with Crippen molar-refractivity contribution in [2.75, 3.05) is 26.2 Å². The van der Waals surface area contributed by atoms with E-state index >= 15 is 0 Å². The average molecular weight is 429 g/mol. The summed E-state index contributed by atoms with van der Waals surface area (Å²) in [6, 6.07) is 15.2. The molecule has 2 aromatic carbocycles. The van der Waals surface area contributed by atoms with E-state index in [4.69, 9.17) is 11.6 Å². The number of amides is 3. The van der Waals surface area contributed by atoms with Gasteiger partial charge < -0.3 is 15.5 Å². The summed E-state index contributed by atoms with van der Waals surface area (Å²) in [6.07, 6.45) is 0. The zero-order valence-corrected chi connectivity index (χ0v) is 18.3. The fourth-order valence-electron chi connectivity index (χ4n) is 3.45. The number of nitrogens with zero attached hydrogens (tertiary/aromatic N) is 2. The minimum absolute atomic E-state index is 0.0504. The van der Waals surface area contributed by atoms with Crippen molar-refractivity contribution in [3.63, 3.8) is 0 Å². The zero-order chi connectivity index (χ0) is 21.5. The molecule has 1 fully saturated rings. The van der Waals surface area contributed by atoms with Crippen molar-refractivity contribution < 1.29 is 9.59 Å². The highest BCUT2D eigenvalue weighted by molar-refractivity contribution is 6.30. The Labute approximate surface area is 183 Å². The Kier molecular flexibility index (Phi) is 7.71. The van der Waals surface area contributed by atoms with Crippen LogP contribution in [-0.2, 0) is 13.1 Å². The first-order chi connectivity index (χ1) is 14.4. The van der Waals surface area contributed by atoms with Crippen LogP contribution in [0.15, 0.2) is 48.5 Å². The van der Waals surface area contributed by atoms with Gasteiger partial charge in [0.25, 0.3) is 5.91 Å². The third-order valence-corrected chi connectivity index (χ3v) is 5.26. The third-order valence-electron chi connectivity index (χ3n) is 5.03. The van der Waals surface area contributed by atoms with E-state index in [2.05, 4.69) is 21.6 Å². The van der Waals surface area contributed by atoms with Crippen LogP contribution in [0.1, 0.15) is 35.3 Å². The van der Waals surface area contributed by atoms with Gasteiger partial charge in [0.2, 0.25) is 0 Å². The predicted octanol–water partition coefficient (Wildman–Crippen LogP) is 3.51. The lowest BCUT2D eigenvalue weighted by atomic mass is 10.1. The van der Waals surface area contributed by atoms with Crippen LogP contribution in [0, 0.1) is 0 Å². The van der Waals surface area contributed by atoms with E-state index in [-0.39, 0.29) is 18.0 Å². The summed E-state index contributed by atoms with van der Waals surface area (Å²) in [6.45, 7) is 8.19. The lowest BCUT2D eigenvalue weighted by Gasteiger charge is -2.34. The largest absolute Gasteiger partial charge is 0.336 e. The molecule has 0 atom stereocenters. The summed E-state index contributed by atoms with van der Waals surface area (Å²) < 4.78 is 0. The first-order valence-electron chi connectivity index (χ1n) is 10.3. The minimum Gasteiger partial charge on any atom is -0.336 e.